The van der Waals surface area contributed by atoms with Crippen molar-refractivity contribution in [2.24, 2.45) is 5.41 Å². The van der Waals surface area contributed by atoms with Crippen LogP contribution >= 0.6 is 0 Å². The van der Waals surface area contributed by atoms with E-state index in [0.29, 0.717) is 6.54 Å². The van der Waals surface area contributed by atoms with Crippen molar-refractivity contribution in [3.63, 3.8) is 0 Å². The van der Waals surface area contributed by atoms with Gasteiger partial charge in [-0.25, -0.2) is 0 Å². The molecule has 0 spiro atoms. The molecule has 0 aromatic heterocycles. The monoisotopic (exact) mass is 275 g/mol. The number of benzene rings is 1. The maximum atomic E-state index is 12.3. The van der Waals surface area contributed by atoms with Crippen molar-refractivity contribution in [1.29, 1.82) is 0 Å². The molecular formula is C16H25N3O. The molecule has 1 atom stereocenters. The van der Waals surface area contributed by atoms with Gasteiger partial charge in [0.05, 0.1) is 5.41 Å². The lowest BCUT2D eigenvalue weighted by molar-refractivity contribution is -0.129. The second-order valence-electron chi connectivity index (χ2n) is 6.18. The zero-order valence-electron chi connectivity index (χ0n) is 12.7. The summed E-state index contributed by atoms with van der Waals surface area (Å²) in [5, 5.41) is 6.36. The normalized spacial score (nSPS) is 22.2. The van der Waals surface area contributed by atoms with E-state index in [2.05, 4.69) is 41.8 Å². The van der Waals surface area contributed by atoms with Gasteiger partial charge in [-0.15, -0.1) is 0 Å². The van der Waals surface area contributed by atoms with Gasteiger partial charge in [0.25, 0.3) is 0 Å². The summed E-state index contributed by atoms with van der Waals surface area (Å²) in [6, 6.07) is 8.29. The molecule has 20 heavy (non-hydrogen) atoms. The minimum Gasteiger partial charge on any atom is -0.351 e. The molecule has 0 bridgehead atoms. The topological polar surface area (TPSA) is 44.4 Å². The van der Waals surface area contributed by atoms with E-state index in [-0.39, 0.29) is 11.3 Å². The highest BCUT2D eigenvalue weighted by Gasteiger charge is 2.35. The van der Waals surface area contributed by atoms with Crippen LogP contribution in [0.1, 0.15) is 24.5 Å². The molecule has 4 nitrogen and oxygen atoms in total. The Hall–Kier alpha value is -1.39. The van der Waals surface area contributed by atoms with E-state index in [4.69, 9.17) is 0 Å². The van der Waals surface area contributed by atoms with E-state index >= 15 is 0 Å². The molecule has 1 heterocycles. The number of carbonyl (C=O) groups is 1. The number of amides is 1. The van der Waals surface area contributed by atoms with E-state index in [1.54, 1.807) is 0 Å². The van der Waals surface area contributed by atoms with Crippen LogP contribution in [0.3, 0.4) is 0 Å². The highest BCUT2D eigenvalue weighted by molar-refractivity contribution is 5.82. The minimum absolute atomic E-state index is 0.155. The molecule has 1 aliphatic rings. The zero-order chi connectivity index (χ0) is 14.6. The minimum atomic E-state index is -0.253. The molecule has 110 valence electrons. The van der Waals surface area contributed by atoms with Gasteiger partial charge in [0.1, 0.15) is 0 Å². The summed E-state index contributed by atoms with van der Waals surface area (Å²) in [7, 11) is 4.11. The molecule has 1 unspecified atom stereocenters. The smallest absolute Gasteiger partial charge is 0.227 e. The van der Waals surface area contributed by atoms with E-state index in [0.717, 1.165) is 26.1 Å². The SMILES string of the molecule is CN(C)Cc1ccccc1CNC(=O)C1(C)CCNC1. The Morgan fingerprint density at radius 3 is 2.65 bits per heavy atom. The lowest BCUT2D eigenvalue weighted by atomic mass is 9.88. The van der Waals surface area contributed by atoms with Gasteiger partial charge >= 0.3 is 0 Å². The van der Waals surface area contributed by atoms with Gasteiger partial charge in [0.15, 0.2) is 0 Å². The predicted molar refractivity (Wildman–Crippen MR) is 81.3 cm³/mol. The van der Waals surface area contributed by atoms with Gasteiger partial charge in [0.2, 0.25) is 5.91 Å². The summed E-state index contributed by atoms with van der Waals surface area (Å²) in [5.74, 6) is 0.155. The lowest BCUT2D eigenvalue weighted by Crippen LogP contribution is -2.40. The first-order valence-corrected chi connectivity index (χ1v) is 7.22. The zero-order valence-corrected chi connectivity index (χ0v) is 12.7. The summed E-state index contributed by atoms with van der Waals surface area (Å²) in [4.78, 5) is 14.5. The maximum absolute atomic E-state index is 12.3. The first-order valence-electron chi connectivity index (χ1n) is 7.22. The second kappa shape index (κ2) is 6.37. The summed E-state index contributed by atoms with van der Waals surface area (Å²) in [6.07, 6.45) is 0.915. The third-order valence-corrected chi connectivity index (χ3v) is 3.96. The molecule has 0 aliphatic carbocycles. The Labute approximate surface area is 121 Å². The van der Waals surface area contributed by atoms with Crippen LogP contribution in [0.2, 0.25) is 0 Å². The van der Waals surface area contributed by atoms with Gasteiger partial charge in [-0.1, -0.05) is 24.3 Å². The van der Waals surface area contributed by atoms with Crippen LogP contribution in [-0.2, 0) is 17.9 Å². The quantitative estimate of drug-likeness (QED) is 0.853. The van der Waals surface area contributed by atoms with Crippen molar-refractivity contribution in [3.8, 4) is 0 Å². The average molecular weight is 275 g/mol. The molecule has 1 aliphatic heterocycles. The van der Waals surface area contributed by atoms with E-state index in [9.17, 15) is 4.79 Å². The molecule has 2 rings (SSSR count). The molecule has 1 aromatic rings. The molecule has 1 amide bonds. The van der Waals surface area contributed by atoms with Crippen molar-refractivity contribution < 1.29 is 4.79 Å². The number of hydrogen-bond acceptors (Lipinski definition) is 3. The molecule has 1 aromatic carbocycles. The Morgan fingerprint density at radius 1 is 1.35 bits per heavy atom. The van der Waals surface area contributed by atoms with Crippen LogP contribution < -0.4 is 10.6 Å². The van der Waals surface area contributed by atoms with E-state index in [1.807, 2.05) is 19.1 Å². The van der Waals surface area contributed by atoms with Crippen LogP contribution in [0.15, 0.2) is 24.3 Å². The first-order chi connectivity index (χ1) is 9.51. The van der Waals surface area contributed by atoms with Crippen molar-refractivity contribution in [2.75, 3.05) is 27.2 Å². The van der Waals surface area contributed by atoms with Crippen LogP contribution in [0.25, 0.3) is 0 Å². The second-order valence-corrected chi connectivity index (χ2v) is 6.18. The summed E-state index contributed by atoms with van der Waals surface area (Å²) in [5.41, 5.74) is 2.22. The molecule has 0 radical (unpaired) electrons. The highest BCUT2D eigenvalue weighted by atomic mass is 16.2. The van der Waals surface area contributed by atoms with Gasteiger partial charge < -0.3 is 15.5 Å². The maximum Gasteiger partial charge on any atom is 0.227 e. The fourth-order valence-electron chi connectivity index (χ4n) is 2.62. The Balaban J connectivity index is 1.98. The highest BCUT2D eigenvalue weighted by Crippen LogP contribution is 2.24. The number of hydrogen-bond donors (Lipinski definition) is 2. The van der Waals surface area contributed by atoms with Crippen molar-refractivity contribution in [2.45, 2.75) is 26.4 Å². The largest absolute Gasteiger partial charge is 0.351 e. The van der Waals surface area contributed by atoms with E-state index in [1.165, 1.54) is 11.1 Å². The van der Waals surface area contributed by atoms with Gasteiger partial charge in [-0.2, -0.15) is 0 Å². The predicted octanol–water partition coefficient (Wildman–Crippen LogP) is 1.36. The number of nitrogens with one attached hydrogen (secondary N) is 2. The van der Waals surface area contributed by atoms with Crippen molar-refractivity contribution in [3.05, 3.63) is 35.4 Å². The summed E-state index contributed by atoms with van der Waals surface area (Å²) >= 11 is 0. The van der Waals surface area contributed by atoms with Crippen LogP contribution in [0.5, 0.6) is 0 Å². The summed E-state index contributed by atoms with van der Waals surface area (Å²) in [6.45, 7) is 5.25. The Bertz CT molecular complexity index is 465. The van der Waals surface area contributed by atoms with Gasteiger partial charge in [-0.05, 0) is 45.1 Å². The molecule has 0 saturated carbocycles. The third kappa shape index (κ3) is 3.58. The number of rotatable bonds is 5. The fraction of sp³-hybridized carbons (Fsp3) is 0.562. The fourth-order valence-corrected chi connectivity index (χ4v) is 2.62. The van der Waals surface area contributed by atoms with Crippen LogP contribution in [-0.4, -0.2) is 38.0 Å². The molecule has 4 heteroatoms. The molecule has 2 N–H and O–H groups in total. The van der Waals surface area contributed by atoms with Gasteiger partial charge in [0, 0.05) is 19.6 Å². The molecule has 1 saturated heterocycles. The third-order valence-electron chi connectivity index (χ3n) is 3.96. The van der Waals surface area contributed by atoms with E-state index < -0.39 is 0 Å². The summed E-state index contributed by atoms with van der Waals surface area (Å²) < 4.78 is 0. The average Bonchev–Trinajstić information content (AvgIpc) is 2.85. The lowest BCUT2D eigenvalue weighted by Gasteiger charge is -2.22. The first kappa shape index (κ1) is 15.0. The Kier molecular flexibility index (Phi) is 4.78. The van der Waals surface area contributed by atoms with Crippen LogP contribution in [0, 0.1) is 5.41 Å². The van der Waals surface area contributed by atoms with Crippen LogP contribution in [0.4, 0.5) is 0 Å². The van der Waals surface area contributed by atoms with Crippen molar-refractivity contribution >= 4 is 5.91 Å². The molecule has 1 fully saturated rings. The number of carbonyl (C=O) groups excluding carboxylic acids is 1. The number of nitrogens with zero attached hydrogens (tertiary/aromatic N) is 1. The van der Waals surface area contributed by atoms with Crippen molar-refractivity contribution in [1.82, 2.24) is 15.5 Å². The standard InChI is InChI=1S/C16H25N3O/c1-16(8-9-17-12-16)15(20)18-10-13-6-4-5-7-14(13)11-19(2)3/h4-7,17H,8-12H2,1-3H3,(H,18,20). The Morgan fingerprint density at radius 2 is 2.05 bits per heavy atom. The molecular weight excluding hydrogens is 250 g/mol. The van der Waals surface area contributed by atoms with Gasteiger partial charge in [-0.3, -0.25) is 4.79 Å².